The van der Waals surface area contributed by atoms with Crippen LogP contribution in [0.25, 0.3) is 0 Å². The van der Waals surface area contributed by atoms with E-state index < -0.39 is 0 Å². The zero-order chi connectivity index (χ0) is 13.7. The zero-order valence-electron chi connectivity index (χ0n) is 11.6. The Bertz CT molecular complexity index is 431. The molecular formula is C16H23NO2. The molecule has 19 heavy (non-hydrogen) atoms. The number of benzene rings is 1. The first-order valence-corrected chi connectivity index (χ1v) is 7.22. The summed E-state index contributed by atoms with van der Waals surface area (Å²) >= 11 is 0. The topological polar surface area (TPSA) is 52.3 Å². The van der Waals surface area contributed by atoms with E-state index in [0.717, 1.165) is 18.4 Å². The van der Waals surface area contributed by atoms with E-state index in [4.69, 9.17) is 10.5 Å². The van der Waals surface area contributed by atoms with Gasteiger partial charge in [-0.2, -0.15) is 0 Å². The number of para-hydroxylation sites is 1. The lowest BCUT2D eigenvalue weighted by Gasteiger charge is -2.28. The predicted molar refractivity (Wildman–Crippen MR) is 76.7 cm³/mol. The van der Waals surface area contributed by atoms with E-state index in [1.54, 1.807) is 0 Å². The van der Waals surface area contributed by atoms with Gasteiger partial charge in [0.1, 0.15) is 6.10 Å². The summed E-state index contributed by atoms with van der Waals surface area (Å²) in [7, 11) is 0. The third-order valence-electron chi connectivity index (χ3n) is 4.00. The van der Waals surface area contributed by atoms with E-state index in [0.29, 0.717) is 11.6 Å². The summed E-state index contributed by atoms with van der Waals surface area (Å²) in [6.45, 7) is 2.21. The molecule has 2 N–H and O–H groups in total. The van der Waals surface area contributed by atoms with E-state index in [9.17, 15) is 4.79 Å². The first kappa shape index (κ1) is 13.9. The normalized spacial score (nSPS) is 23.0. The lowest BCUT2D eigenvalue weighted by molar-refractivity contribution is -0.150. The molecule has 2 unspecified atom stereocenters. The third kappa shape index (κ3) is 3.98. The third-order valence-corrected chi connectivity index (χ3v) is 4.00. The monoisotopic (exact) mass is 261 g/mol. The summed E-state index contributed by atoms with van der Waals surface area (Å²) < 4.78 is 5.59. The van der Waals surface area contributed by atoms with E-state index >= 15 is 0 Å². The van der Waals surface area contributed by atoms with Crippen LogP contribution in [-0.2, 0) is 16.0 Å². The van der Waals surface area contributed by atoms with Crippen LogP contribution >= 0.6 is 0 Å². The van der Waals surface area contributed by atoms with E-state index in [1.807, 2.05) is 24.3 Å². The second kappa shape index (κ2) is 6.60. The molecule has 0 amide bonds. The van der Waals surface area contributed by atoms with Crippen LogP contribution in [0.3, 0.4) is 0 Å². The van der Waals surface area contributed by atoms with Crippen LogP contribution in [0.5, 0.6) is 0 Å². The van der Waals surface area contributed by atoms with Gasteiger partial charge in [-0.25, -0.2) is 0 Å². The molecule has 104 valence electrons. The average Bonchev–Trinajstić information content (AvgIpc) is 2.41. The number of nitrogens with two attached hydrogens (primary N) is 1. The highest BCUT2D eigenvalue weighted by molar-refractivity contribution is 5.75. The standard InChI is InChI=1S/C16H23NO2/c1-2-12-6-5-8-14(10-12)19-16(18)11-13-7-3-4-9-15(13)17/h3-4,7,9,12,14H,2,5-6,8,10-11,17H2,1H3. The van der Waals surface area contributed by atoms with E-state index in [-0.39, 0.29) is 18.5 Å². The number of esters is 1. The minimum atomic E-state index is -0.153. The van der Waals surface area contributed by atoms with Gasteiger partial charge in [-0.15, -0.1) is 0 Å². The Morgan fingerprint density at radius 2 is 2.16 bits per heavy atom. The minimum Gasteiger partial charge on any atom is -0.462 e. The van der Waals surface area contributed by atoms with Gasteiger partial charge in [-0.1, -0.05) is 38.0 Å². The summed E-state index contributed by atoms with van der Waals surface area (Å²) in [4.78, 5) is 12.0. The summed E-state index contributed by atoms with van der Waals surface area (Å²) in [5.41, 5.74) is 7.36. The number of carbonyl (C=O) groups is 1. The van der Waals surface area contributed by atoms with Crippen LogP contribution in [0, 0.1) is 5.92 Å². The van der Waals surface area contributed by atoms with Crippen molar-refractivity contribution in [2.75, 3.05) is 5.73 Å². The van der Waals surface area contributed by atoms with Gasteiger partial charge in [0, 0.05) is 5.69 Å². The van der Waals surface area contributed by atoms with Crippen molar-refractivity contribution in [2.24, 2.45) is 5.92 Å². The lowest BCUT2D eigenvalue weighted by atomic mass is 9.85. The number of ether oxygens (including phenoxy) is 1. The van der Waals surface area contributed by atoms with Crippen LogP contribution in [0.4, 0.5) is 5.69 Å². The second-order valence-electron chi connectivity index (χ2n) is 5.43. The maximum absolute atomic E-state index is 12.0. The first-order chi connectivity index (χ1) is 9.19. The van der Waals surface area contributed by atoms with Gasteiger partial charge in [0.05, 0.1) is 6.42 Å². The Balaban J connectivity index is 1.86. The summed E-state index contributed by atoms with van der Waals surface area (Å²) in [5, 5.41) is 0. The molecule has 2 rings (SSSR count). The van der Waals surface area contributed by atoms with E-state index in [1.165, 1.54) is 19.3 Å². The predicted octanol–water partition coefficient (Wildman–Crippen LogP) is 3.32. The fraction of sp³-hybridized carbons (Fsp3) is 0.562. The van der Waals surface area contributed by atoms with Crippen molar-refractivity contribution in [3.8, 4) is 0 Å². The Morgan fingerprint density at radius 3 is 2.89 bits per heavy atom. The van der Waals surface area contributed by atoms with Crippen LogP contribution in [-0.4, -0.2) is 12.1 Å². The van der Waals surface area contributed by atoms with Crippen molar-refractivity contribution in [1.82, 2.24) is 0 Å². The number of nitrogen functional groups attached to an aromatic ring is 1. The molecule has 3 heteroatoms. The fourth-order valence-corrected chi connectivity index (χ4v) is 2.80. The van der Waals surface area contributed by atoms with Crippen molar-refractivity contribution in [3.63, 3.8) is 0 Å². The highest BCUT2D eigenvalue weighted by Crippen LogP contribution is 2.28. The molecule has 0 saturated heterocycles. The molecule has 0 heterocycles. The highest BCUT2D eigenvalue weighted by Gasteiger charge is 2.23. The van der Waals surface area contributed by atoms with Gasteiger partial charge in [0.25, 0.3) is 0 Å². The zero-order valence-corrected chi connectivity index (χ0v) is 11.6. The lowest BCUT2D eigenvalue weighted by Crippen LogP contribution is -2.26. The molecule has 0 radical (unpaired) electrons. The van der Waals surface area contributed by atoms with Crippen molar-refractivity contribution >= 4 is 11.7 Å². The molecule has 0 aromatic heterocycles. The largest absolute Gasteiger partial charge is 0.462 e. The molecule has 1 fully saturated rings. The van der Waals surface area contributed by atoms with Gasteiger partial charge >= 0.3 is 5.97 Å². The molecule has 3 nitrogen and oxygen atoms in total. The number of carbonyl (C=O) groups excluding carboxylic acids is 1. The SMILES string of the molecule is CCC1CCCC(OC(=O)Cc2ccccc2N)C1. The molecule has 1 aromatic rings. The fourth-order valence-electron chi connectivity index (χ4n) is 2.80. The molecule has 1 aliphatic rings. The maximum atomic E-state index is 12.0. The molecule has 0 aliphatic heterocycles. The van der Waals surface area contributed by atoms with Crippen molar-refractivity contribution in [3.05, 3.63) is 29.8 Å². The number of hydrogen-bond donors (Lipinski definition) is 1. The Kier molecular flexibility index (Phi) is 4.83. The molecule has 1 saturated carbocycles. The highest BCUT2D eigenvalue weighted by atomic mass is 16.5. The van der Waals surface area contributed by atoms with Crippen LogP contribution in [0.1, 0.15) is 44.6 Å². The quantitative estimate of drug-likeness (QED) is 0.668. The Morgan fingerprint density at radius 1 is 1.37 bits per heavy atom. The van der Waals surface area contributed by atoms with Crippen molar-refractivity contribution in [2.45, 2.75) is 51.6 Å². The van der Waals surface area contributed by atoms with Crippen molar-refractivity contribution in [1.29, 1.82) is 0 Å². The smallest absolute Gasteiger partial charge is 0.310 e. The van der Waals surface area contributed by atoms with Gasteiger partial charge in [0.15, 0.2) is 0 Å². The van der Waals surface area contributed by atoms with E-state index in [2.05, 4.69) is 6.92 Å². The van der Waals surface area contributed by atoms with Gasteiger partial charge < -0.3 is 10.5 Å². The average molecular weight is 261 g/mol. The molecule has 0 spiro atoms. The summed E-state index contributed by atoms with van der Waals surface area (Å²) in [6.07, 6.45) is 6.04. The van der Waals surface area contributed by atoms with Crippen LogP contribution in [0.2, 0.25) is 0 Å². The minimum absolute atomic E-state index is 0.108. The molecule has 1 aliphatic carbocycles. The summed E-state index contributed by atoms with van der Waals surface area (Å²) in [6, 6.07) is 7.46. The number of rotatable bonds is 4. The maximum Gasteiger partial charge on any atom is 0.310 e. The number of hydrogen-bond acceptors (Lipinski definition) is 3. The Labute approximate surface area is 115 Å². The summed E-state index contributed by atoms with van der Waals surface area (Å²) in [5.74, 6) is 0.563. The number of anilines is 1. The molecule has 2 atom stereocenters. The molecule has 0 bridgehead atoms. The van der Waals surface area contributed by atoms with Gasteiger partial charge in [-0.05, 0) is 36.8 Å². The Hall–Kier alpha value is -1.51. The molecule has 1 aromatic carbocycles. The van der Waals surface area contributed by atoms with Crippen LogP contribution in [0.15, 0.2) is 24.3 Å². The molecular weight excluding hydrogens is 238 g/mol. The van der Waals surface area contributed by atoms with Crippen LogP contribution < -0.4 is 5.73 Å². The van der Waals surface area contributed by atoms with Crippen molar-refractivity contribution < 1.29 is 9.53 Å². The van der Waals surface area contributed by atoms with Gasteiger partial charge in [0.2, 0.25) is 0 Å². The van der Waals surface area contributed by atoms with Gasteiger partial charge in [-0.3, -0.25) is 4.79 Å². The second-order valence-corrected chi connectivity index (χ2v) is 5.43. The first-order valence-electron chi connectivity index (χ1n) is 7.22.